The zero-order valence-electron chi connectivity index (χ0n) is 16.7. The van der Waals surface area contributed by atoms with Gasteiger partial charge in [-0.3, -0.25) is 0 Å². The van der Waals surface area contributed by atoms with Crippen molar-refractivity contribution in [2.45, 2.75) is 12.8 Å². The van der Waals surface area contributed by atoms with Gasteiger partial charge in [0.25, 0.3) is 0 Å². The van der Waals surface area contributed by atoms with Gasteiger partial charge in [0, 0.05) is 0 Å². The van der Waals surface area contributed by atoms with E-state index in [4.69, 9.17) is 19.9 Å². The Bertz CT molecular complexity index is 1170. The van der Waals surface area contributed by atoms with Crippen molar-refractivity contribution in [2.24, 2.45) is 5.73 Å². The van der Waals surface area contributed by atoms with Gasteiger partial charge in [0.2, 0.25) is 17.5 Å². The lowest BCUT2D eigenvalue weighted by molar-refractivity contribution is 0.338. The quantitative estimate of drug-likeness (QED) is 0.686. The Morgan fingerprint density at radius 1 is 1.17 bits per heavy atom. The summed E-state index contributed by atoms with van der Waals surface area (Å²) in [5, 5.41) is 24.8. The number of nitrogens with two attached hydrogens (primary N) is 1. The minimum atomic E-state index is -0.570. The van der Waals surface area contributed by atoms with E-state index >= 15 is 0 Å². The summed E-state index contributed by atoms with van der Waals surface area (Å²) in [5.41, 5.74) is 9.23. The van der Waals surface area contributed by atoms with Crippen LogP contribution in [-0.4, -0.2) is 29.1 Å². The van der Waals surface area contributed by atoms with E-state index < -0.39 is 5.92 Å². The van der Waals surface area contributed by atoms with Gasteiger partial charge in [0.1, 0.15) is 11.6 Å². The van der Waals surface area contributed by atoms with Crippen LogP contribution in [0.4, 0.5) is 0 Å². The van der Waals surface area contributed by atoms with E-state index in [-0.39, 0.29) is 28.7 Å². The molecule has 2 heterocycles. The van der Waals surface area contributed by atoms with Gasteiger partial charge in [-0.1, -0.05) is 18.2 Å². The van der Waals surface area contributed by atoms with Crippen molar-refractivity contribution in [3.63, 3.8) is 0 Å². The number of aromatic hydroxyl groups is 1. The Kier molecular flexibility index (Phi) is 4.72. The van der Waals surface area contributed by atoms with Gasteiger partial charge in [-0.25, -0.2) is 4.68 Å². The SMILES string of the molecule is COc1cc(C2C(C#N)=C(N)Oc3c2c(C)nn3-c2ccccc2)cc(OC)c1O. The van der Waals surface area contributed by atoms with Gasteiger partial charge in [0.05, 0.1) is 37.1 Å². The van der Waals surface area contributed by atoms with Gasteiger partial charge >= 0.3 is 0 Å². The summed E-state index contributed by atoms with van der Waals surface area (Å²) < 4.78 is 18.1. The molecule has 0 fully saturated rings. The maximum Gasteiger partial charge on any atom is 0.229 e. The molecule has 1 unspecified atom stereocenters. The van der Waals surface area contributed by atoms with E-state index in [0.717, 1.165) is 5.69 Å². The molecular weight excluding hydrogens is 384 g/mol. The van der Waals surface area contributed by atoms with Crippen molar-refractivity contribution in [1.29, 1.82) is 5.26 Å². The fourth-order valence-corrected chi connectivity index (χ4v) is 3.67. The van der Waals surface area contributed by atoms with Crippen LogP contribution in [0.3, 0.4) is 0 Å². The summed E-state index contributed by atoms with van der Waals surface area (Å²) in [7, 11) is 2.89. The molecule has 8 heteroatoms. The van der Waals surface area contributed by atoms with Crippen molar-refractivity contribution in [3.05, 3.63) is 70.7 Å². The number of ether oxygens (including phenoxy) is 3. The van der Waals surface area contributed by atoms with Crippen molar-refractivity contribution in [3.8, 4) is 34.9 Å². The molecular formula is C22H20N4O4. The number of aromatic nitrogens is 2. The van der Waals surface area contributed by atoms with Crippen LogP contribution in [0.5, 0.6) is 23.1 Å². The molecule has 2 aromatic carbocycles. The van der Waals surface area contributed by atoms with E-state index in [1.807, 2.05) is 37.3 Å². The zero-order chi connectivity index (χ0) is 21.4. The van der Waals surface area contributed by atoms with E-state index in [9.17, 15) is 10.4 Å². The van der Waals surface area contributed by atoms with Crippen molar-refractivity contribution >= 4 is 0 Å². The van der Waals surface area contributed by atoms with Crippen LogP contribution >= 0.6 is 0 Å². The number of hydrogen-bond acceptors (Lipinski definition) is 7. The molecule has 1 aromatic heterocycles. The zero-order valence-corrected chi connectivity index (χ0v) is 16.7. The average Bonchev–Trinajstić information content (AvgIpc) is 3.09. The number of rotatable bonds is 4. The number of phenols is 1. The number of methoxy groups -OCH3 is 2. The summed E-state index contributed by atoms with van der Waals surface area (Å²) in [6, 6.07) is 15.0. The predicted molar refractivity (Wildman–Crippen MR) is 109 cm³/mol. The first kappa shape index (κ1) is 19.2. The molecule has 3 N–H and O–H groups in total. The number of para-hydroxylation sites is 1. The van der Waals surface area contributed by atoms with Crippen LogP contribution < -0.4 is 19.9 Å². The number of benzene rings is 2. The van der Waals surface area contributed by atoms with Gasteiger partial charge in [-0.05, 0) is 36.8 Å². The number of fused-ring (bicyclic) bond motifs is 1. The summed E-state index contributed by atoms with van der Waals surface area (Å²) in [5.74, 6) is 0.190. The van der Waals surface area contributed by atoms with Crippen LogP contribution in [0.2, 0.25) is 0 Å². The molecule has 8 nitrogen and oxygen atoms in total. The molecule has 0 radical (unpaired) electrons. The number of phenolic OH excluding ortho intramolecular Hbond substituents is 1. The normalized spacial score (nSPS) is 15.2. The fraction of sp³-hybridized carbons (Fsp3) is 0.182. The Morgan fingerprint density at radius 3 is 2.37 bits per heavy atom. The molecule has 0 saturated heterocycles. The van der Waals surface area contributed by atoms with Crippen LogP contribution in [0.1, 0.15) is 22.7 Å². The molecule has 1 aliphatic heterocycles. The molecule has 1 aliphatic rings. The Labute approximate surface area is 173 Å². The second-order valence-corrected chi connectivity index (χ2v) is 6.75. The number of nitriles is 1. The highest BCUT2D eigenvalue weighted by Gasteiger charge is 2.37. The first-order valence-corrected chi connectivity index (χ1v) is 9.17. The molecule has 30 heavy (non-hydrogen) atoms. The Balaban J connectivity index is 1.98. The monoisotopic (exact) mass is 404 g/mol. The molecule has 3 aromatic rings. The highest BCUT2D eigenvalue weighted by molar-refractivity contribution is 5.61. The van der Waals surface area contributed by atoms with Gasteiger partial charge < -0.3 is 25.1 Å². The molecule has 0 amide bonds. The molecule has 0 bridgehead atoms. The highest BCUT2D eigenvalue weighted by atomic mass is 16.5. The van der Waals surface area contributed by atoms with Gasteiger partial charge in [0.15, 0.2) is 11.5 Å². The first-order valence-electron chi connectivity index (χ1n) is 9.17. The number of nitrogens with zero attached hydrogens (tertiary/aromatic N) is 3. The summed E-state index contributed by atoms with van der Waals surface area (Å²) in [4.78, 5) is 0. The van der Waals surface area contributed by atoms with Crippen LogP contribution in [0, 0.1) is 18.3 Å². The topological polar surface area (TPSA) is 116 Å². The number of allylic oxidation sites excluding steroid dienone is 1. The van der Waals surface area contributed by atoms with Crippen molar-refractivity contribution < 1.29 is 19.3 Å². The summed E-state index contributed by atoms with van der Waals surface area (Å²) >= 11 is 0. The third-order valence-electron chi connectivity index (χ3n) is 5.07. The largest absolute Gasteiger partial charge is 0.502 e. The van der Waals surface area contributed by atoms with Gasteiger partial charge in [-0.15, -0.1) is 0 Å². The average molecular weight is 404 g/mol. The van der Waals surface area contributed by atoms with Crippen LogP contribution in [0.25, 0.3) is 5.69 Å². The first-order chi connectivity index (χ1) is 14.5. The summed E-state index contributed by atoms with van der Waals surface area (Å²) in [6.07, 6.45) is 0. The molecule has 0 saturated carbocycles. The second-order valence-electron chi connectivity index (χ2n) is 6.75. The van der Waals surface area contributed by atoms with Crippen LogP contribution in [0.15, 0.2) is 53.9 Å². The predicted octanol–water partition coefficient (Wildman–Crippen LogP) is 3.12. The maximum atomic E-state index is 10.3. The third-order valence-corrected chi connectivity index (χ3v) is 5.07. The Hall–Kier alpha value is -4.12. The molecule has 4 rings (SSSR count). The van der Waals surface area contributed by atoms with E-state index in [0.29, 0.717) is 22.7 Å². The minimum absolute atomic E-state index is 0.00177. The van der Waals surface area contributed by atoms with Crippen molar-refractivity contribution in [1.82, 2.24) is 9.78 Å². The lowest BCUT2D eigenvalue weighted by atomic mass is 9.84. The molecule has 1 atom stereocenters. The molecule has 0 spiro atoms. The lowest BCUT2D eigenvalue weighted by Gasteiger charge is -2.25. The standard InChI is InChI=1S/C22H20N4O4/c1-12-18-19(13-9-16(28-2)20(27)17(10-13)29-3)15(11-23)21(24)30-22(18)26(25-12)14-7-5-4-6-8-14/h4-10,19,27H,24H2,1-3H3. The highest BCUT2D eigenvalue weighted by Crippen LogP contribution is 2.48. The molecule has 0 aliphatic carbocycles. The number of hydrogen-bond donors (Lipinski definition) is 2. The minimum Gasteiger partial charge on any atom is -0.502 e. The Morgan fingerprint density at radius 2 is 1.80 bits per heavy atom. The van der Waals surface area contributed by atoms with Crippen molar-refractivity contribution in [2.75, 3.05) is 14.2 Å². The summed E-state index contributed by atoms with van der Waals surface area (Å²) in [6.45, 7) is 1.85. The lowest BCUT2D eigenvalue weighted by Crippen LogP contribution is -2.22. The van der Waals surface area contributed by atoms with Crippen LogP contribution in [-0.2, 0) is 0 Å². The second kappa shape index (κ2) is 7.37. The van der Waals surface area contributed by atoms with E-state index in [2.05, 4.69) is 11.2 Å². The maximum absolute atomic E-state index is 10.3. The van der Waals surface area contributed by atoms with E-state index in [1.54, 1.807) is 16.8 Å². The number of aryl methyl sites for hydroxylation is 1. The third kappa shape index (κ3) is 2.88. The molecule has 152 valence electrons. The smallest absolute Gasteiger partial charge is 0.229 e. The fourth-order valence-electron chi connectivity index (χ4n) is 3.67. The van der Waals surface area contributed by atoms with E-state index in [1.165, 1.54) is 14.2 Å². The van der Waals surface area contributed by atoms with Gasteiger partial charge in [-0.2, -0.15) is 10.4 Å².